The van der Waals surface area contributed by atoms with E-state index in [0.717, 1.165) is 30.0 Å². The number of carbonyl (C=O) groups is 1. The monoisotopic (exact) mass is 374 g/mol. The molecule has 0 spiro atoms. The lowest BCUT2D eigenvalue weighted by atomic mass is 10.1. The number of amidine groups is 1. The Hall–Kier alpha value is -3.61. The fraction of sp³-hybridized carbons (Fsp3) is 0.190. The lowest BCUT2D eigenvalue weighted by Gasteiger charge is -2.36. The standard InChI is InChI=1S/C21H22N6O/c22-20(23)17-2-1-3-18(12-17)26-8-10-27(11-9-26)21(28)16-6-4-15(5-7-16)19-13-24-14-25-19/h1-7,12-14H,8-11H2,(H3,22,23)(H,24,25). The zero-order valence-electron chi connectivity index (χ0n) is 15.4. The SMILES string of the molecule is N=C(N)c1cccc(N2CCN(C(=O)c3ccc(-c4cnc[nH]4)cc3)CC2)c1. The van der Waals surface area contributed by atoms with Crippen LogP contribution in [0.25, 0.3) is 11.3 Å². The van der Waals surface area contributed by atoms with Gasteiger partial charge in [0.25, 0.3) is 5.91 Å². The van der Waals surface area contributed by atoms with E-state index < -0.39 is 0 Å². The van der Waals surface area contributed by atoms with Crippen molar-refractivity contribution in [2.24, 2.45) is 5.73 Å². The highest BCUT2D eigenvalue weighted by Gasteiger charge is 2.22. The number of nitrogens with one attached hydrogen (secondary N) is 2. The first-order valence-electron chi connectivity index (χ1n) is 9.19. The van der Waals surface area contributed by atoms with Gasteiger partial charge in [-0.1, -0.05) is 24.3 Å². The largest absolute Gasteiger partial charge is 0.384 e. The number of aromatic amines is 1. The van der Waals surface area contributed by atoms with Crippen LogP contribution in [0, 0.1) is 5.41 Å². The molecule has 1 aromatic heterocycles. The first-order valence-corrected chi connectivity index (χ1v) is 9.19. The predicted octanol–water partition coefficient (Wildman–Crippen LogP) is 2.32. The number of nitrogens with zero attached hydrogens (tertiary/aromatic N) is 3. The van der Waals surface area contributed by atoms with Crippen molar-refractivity contribution in [1.82, 2.24) is 14.9 Å². The molecule has 0 unspecified atom stereocenters. The number of H-pyrrole nitrogens is 1. The summed E-state index contributed by atoms with van der Waals surface area (Å²) < 4.78 is 0. The van der Waals surface area contributed by atoms with Crippen molar-refractivity contribution < 1.29 is 4.79 Å². The molecule has 1 amide bonds. The minimum Gasteiger partial charge on any atom is -0.384 e. The number of carbonyl (C=O) groups excluding carboxylic acids is 1. The van der Waals surface area contributed by atoms with Gasteiger partial charge in [0.05, 0.1) is 18.2 Å². The summed E-state index contributed by atoms with van der Waals surface area (Å²) in [6.07, 6.45) is 3.40. The molecule has 1 fully saturated rings. The summed E-state index contributed by atoms with van der Waals surface area (Å²) in [7, 11) is 0. The average Bonchev–Trinajstić information content (AvgIpc) is 3.28. The second-order valence-electron chi connectivity index (χ2n) is 6.79. The highest BCUT2D eigenvalue weighted by Crippen LogP contribution is 2.20. The van der Waals surface area contributed by atoms with Crippen LogP contribution < -0.4 is 10.6 Å². The molecule has 7 heteroatoms. The first kappa shape index (κ1) is 17.8. The maximum Gasteiger partial charge on any atom is 0.253 e. The van der Waals surface area contributed by atoms with E-state index in [1.165, 1.54) is 0 Å². The number of hydrogen-bond donors (Lipinski definition) is 3. The van der Waals surface area contributed by atoms with Crippen LogP contribution in [0.1, 0.15) is 15.9 Å². The Kier molecular flexibility index (Phi) is 4.80. The Morgan fingerprint density at radius 1 is 1.04 bits per heavy atom. The predicted molar refractivity (Wildman–Crippen MR) is 110 cm³/mol. The van der Waals surface area contributed by atoms with Crippen molar-refractivity contribution in [3.8, 4) is 11.3 Å². The fourth-order valence-corrected chi connectivity index (χ4v) is 3.43. The van der Waals surface area contributed by atoms with E-state index in [2.05, 4.69) is 14.9 Å². The maximum absolute atomic E-state index is 12.8. The first-order chi connectivity index (χ1) is 13.6. The Morgan fingerprint density at radius 2 is 1.79 bits per heavy atom. The Bertz CT molecular complexity index is 972. The zero-order chi connectivity index (χ0) is 19.5. The second kappa shape index (κ2) is 7.56. The summed E-state index contributed by atoms with van der Waals surface area (Å²) in [6, 6.07) is 15.3. The van der Waals surface area contributed by atoms with E-state index in [1.54, 1.807) is 12.5 Å². The van der Waals surface area contributed by atoms with Crippen molar-refractivity contribution in [2.45, 2.75) is 0 Å². The van der Waals surface area contributed by atoms with Crippen LogP contribution in [0.2, 0.25) is 0 Å². The molecule has 4 rings (SSSR count). The Morgan fingerprint density at radius 3 is 2.43 bits per heavy atom. The number of imidazole rings is 1. The van der Waals surface area contributed by atoms with Gasteiger partial charge in [0.15, 0.2) is 0 Å². The molecule has 0 bridgehead atoms. The van der Waals surface area contributed by atoms with Crippen LogP contribution in [-0.4, -0.2) is 52.8 Å². The molecule has 7 nitrogen and oxygen atoms in total. The van der Waals surface area contributed by atoms with E-state index in [9.17, 15) is 4.79 Å². The molecule has 0 atom stereocenters. The lowest BCUT2D eigenvalue weighted by molar-refractivity contribution is 0.0747. The molecule has 1 saturated heterocycles. The molecule has 0 aliphatic carbocycles. The van der Waals surface area contributed by atoms with Crippen molar-refractivity contribution in [1.29, 1.82) is 5.41 Å². The number of nitrogens with two attached hydrogens (primary N) is 1. The molecule has 1 aliphatic rings. The maximum atomic E-state index is 12.8. The Balaban J connectivity index is 1.40. The van der Waals surface area contributed by atoms with Crippen molar-refractivity contribution in [2.75, 3.05) is 31.1 Å². The number of rotatable bonds is 4. The van der Waals surface area contributed by atoms with Crippen LogP contribution >= 0.6 is 0 Å². The van der Waals surface area contributed by atoms with Crippen molar-refractivity contribution >= 4 is 17.4 Å². The summed E-state index contributed by atoms with van der Waals surface area (Å²) in [6.45, 7) is 2.81. The van der Waals surface area contributed by atoms with Crippen LogP contribution in [0.5, 0.6) is 0 Å². The summed E-state index contributed by atoms with van der Waals surface area (Å²) in [5.41, 5.74) is 9.96. The van der Waals surface area contributed by atoms with Crippen LogP contribution in [0.3, 0.4) is 0 Å². The highest BCUT2D eigenvalue weighted by atomic mass is 16.2. The van der Waals surface area contributed by atoms with E-state index in [0.29, 0.717) is 24.2 Å². The molecule has 1 aliphatic heterocycles. The van der Waals surface area contributed by atoms with Gasteiger partial charge in [-0.2, -0.15) is 0 Å². The number of benzene rings is 2. The lowest BCUT2D eigenvalue weighted by Crippen LogP contribution is -2.48. The number of nitrogen functional groups attached to an aromatic ring is 1. The number of aromatic nitrogens is 2. The molecule has 4 N–H and O–H groups in total. The molecule has 0 saturated carbocycles. The minimum absolute atomic E-state index is 0.0493. The third-order valence-corrected chi connectivity index (χ3v) is 5.03. The van der Waals surface area contributed by atoms with Crippen molar-refractivity contribution in [3.63, 3.8) is 0 Å². The van der Waals surface area contributed by atoms with Gasteiger partial charge in [-0.15, -0.1) is 0 Å². The van der Waals surface area contributed by atoms with Gasteiger partial charge in [-0.05, 0) is 29.8 Å². The molecule has 28 heavy (non-hydrogen) atoms. The molecular weight excluding hydrogens is 352 g/mol. The average molecular weight is 374 g/mol. The van der Waals surface area contributed by atoms with Gasteiger partial charge >= 0.3 is 0 Å². The van der Waals surface area contributed by atoms with E-state index in [4.69, 9.17) is 11.1 Å². The summed E-state index contributed by atoms with van der Waals surface area (Å²) in [5.74, 6) is 0.113. The van der Waals surface area contributed by atoms with Gasteiger partial charge in [0.1, 0.15) is 5.84 Å². The van der Waals surface area contributed by atoms with Gasteiger partial charge in [0, 0.05) is 43.0 Å². The Labute approximate surface area is 163 Å². The van der Waals surface area contributed by atoms with E-state index in [1.807, 2.05) is 53.4 Å². The van der Waals surface area contributed by atoms with Crippen LogP contribution in [0.4, 0.5) is 5.69 Å². The summed E-state index contributed by atoms with van der Waals surface area (Å²) in [4.78, 5) is 24.0. The number of hydrogen-bond acceptors (Lipinski definition) is 4. The molecule has 2 heterocycles. The highest BCUT2D eigenvalue weighted by molar-refractivity contribution is 5.96. The smallest absolute Gasteiger partial charge is 0.253 e. The van der Waals surface area contributed by atoms with Crippen LogP contribution in [-0.2, 0) is 0 Å². The molecule has 2 aromatic carbocycles. The normalized spacial score (nSPS) is 14.1. The third-order valence-electron chi connectivity index (χ3n) is 5.03. The van der Waals surface area contributed by atoms with Gasteiger partial charge in [-0.3, -0.25) is 10.2 Å². The fourth-order valence-electron chi connectivity index (χ4n) is 3.43. The van der Waals surface area contributed by atoms with E-state index >= 15 is 0 Å². The van der Waals surface area contributed by atoms with Gasteiger partial charge in [-0.25, -0.2) is 4.98 Å². The van der Waals surface area contributed by atoms with Gasteiger partial charge < -0.3 is 20.5 Å². The number of anilines is 1. The third kappa shape index (κ3) is 3.59. The second-order valence-corrected chi connectivity index (χ2v) is 6.79. The zero-order valence-corrected chi connectivity index (χ0v) is 15.4. The number of piperazine rings is 1. The molecule has 3 aromatic rings. The van der Waals surface area contributed by atoms with Crippen molar-refractivity contribution in [3.05, 3.63) is 72.2 Å². The molecular formula is C21H22N6O. The summed E-state index contributed by atoms with van der Waals surface area (Å²) in [5, 5.41) is 7.59. The topological polar surface area (TPSA) is 102 Å². The van der Waals surface area contributed by atoms with E-state index in [-0.39, 0.29) is 11.7 Å². The quantitative estimate of drug-likeness (QED) is 0.482. The van der Waals surface area contributed by atoms with Crippen LogP contribution in [0.15, 0.2) is 61.1 Å². The molecule has 142 valence electrons. The van der Waals surface area contributed by atoms with Gasteiger partial charge in [0.2, 0.25) is 0 Å². The summed E-state index contributed by atoms with van der Waals surface area (Å²) >= 11 is 0. The minimum atomic E-state index is 0.0493. The number of amides is 1. The molecule has 0 radical (unpaired) electrons.